The standard InChI is InChI=1S/C12H20BrNO2/c1-16-8-6-12(4-5-12)9-14-7-2-3-10(13)11(14)15/h10H,2-9H2,1H3. The number of alkyl halides is 1. The van der Waals surface area contributed by atoms with E-state index >= 15 is 0 Å². The van der Waals surface area contributed by atoms with Crippen molar-refractivity contribution < 1.29 is 9.53 Å². The zero-order valence-electron chi connectivity index (χ0n) is 9.88. The Morgan fingerprint density at radius 2 is 2.31 bits per heavy atom. The Morgan fingerprint density at radius 3 is 2.94 bits per heavy atom. The van der Waals surface area contributed by atoms with Gasteiger partial charge in [0.25, 0.3) is 0 Å². The van der Waals surface area contributed by atoms with E-state index in [1.54, 1.807) is 7.11 Å². The van der Waals surface area contributed by atoms with Crippen molar-refractivity contribution in [2.45, 2.75) is 36.9 Å². The average molecular weight is 290 g/mol. The molecule has 0 spiro atoms. The quantitative estimate of drug-likeness (QED) is 0.726. The van der Waals surface area contributed by atoms with Crippen LogP contribution in [0.3, 0.4) is 0 Å². The maximum absolute atomic E-state index is 12.0. The fourth-order valence-corrected chi connectivity index (χ4v) is 3.05. The van der Waals surface area contributed by atoms with Crippen molar-refractivity contribution in [1.82, 2.24) is 4.90 Å². The lowest BCUT2D eigenvalue weighted by molar-refractivity contribution is -0.133. The first-order valence-corrected chi connectivity index (χ1v) is 7.00. The van der Waals surface area contributed by atoms with E-state index < -0.39 is 0 Å². The summed E-state index contributed by atoms with van der Waals surface area (Å²) in [7, 11) is 1.75. The fraction of sp³-hybridized carbons (Fsp3) is 0.917. The van der Waals surface area contributed by atoms with E-state index in [2.05, 4.69) is 15.9 Å². The topological polar surface area (TPSA) is 29.5 Å². The molecule has 0 aromatic rings. The molecule has 1 saturated heterocycles. The third kappa shape index (κ3) is 2.77. The van der Waals surface area contributed by atoms with Gasteiger partial charge in [0.2, 0.25) is 5.91 Å². The van der Waals surface area contributed by atoms with Gasteiger partial charge in [0.05, 0.1) is 4.83 Å². The third-order valence-electron chi connectivity index (χ3n) is 3.79. The zero-order valence-corrected chi connectivity index (χ0v) is 11.5. The number of rotatable bonds is 5. The first kappa shape index (κ1) is 12.4. The molecular formula is C12H20BrNO2. The third-order valence-corrected chi connectivity index (χ3v) is 4.63. The van der Waals surface area contributed by atoms with E-state index in [-0.39, 0.29) is 10.7 Å². The molecule has 4 heteroatoms. The van der Waals surface area contributed by atoms with Gasteiger partial charge in [-0.15, -0.1) is 0 Å². The summed E-state index contributed by atoms with van der Waals surface area (Å²) in [6.45, 7) is 2.70. The van der Waals surface area contributed by atoms with Crippen molar-refractivity contribution in [2.75, 3.05) is 26.8 Å². The molecule has 0 aromatic heterocycles. The van der Waals surface area contributed by atoms with E-state index in [1.807, 2.05) is 4.90 Å². The van der Waals surface area contributed by atoms with Crippen LogP contribution in [0.1, 0.15) is 32.1 Å². The SMILES string of the molecule is COCCC1(CN2CCCC(Br)C2=O)CC1. The Bertz CT molecular complexity index is 266. The molecule has 1 amide bonds. The Hall–Kier alpha value is -0.0900. The Balaban J connectivity index is 1.86. The van der Waals surface area contributed by atoms with Gasteiger partial charge < -0.3 is 9.64 Å². The van der Waals surface area contributed by atoms with Gasteiger partial charge in [-0.3, -0.25) is 4.79 Å². The molecule has 1 aliphatic heterocycles. The lowest BCUT2D eigenvalue weighted by Gasteiger charge is -2.33. The van der Waals surface area contributed by atoms with Crippen LogP contribution in [0.2, 0.25) is 0 Å². The molecule has 1 atom stereocenters. The maximum atomic E-state index is 12.0. The lowest BCUT2D eigenvalue weighted by Crippen LogP contribution is -2.44. The molecule has 0 bridgehead atoms. The zero-order chi connectivity index (χ0) is 11.6. The smallest absolute Gasteiger partial charge is 0.236 e. The summed E-state index contributed by atoms with van der Waals surface area (Å²) in [4.78, 5) is 14.1. The summed E-state index contributed by atoms with van der Waals surface area (Å²) >= 11 is 3.46. The molecule has 1 unspecified atom stereocenters. The van der Waals surface area contributed by atoms with Crippen molar-refractivity contribution in [3.63, 3.8) is 0 Å². The molecule has 92 valence electrons. The molecule has 1 aliphatic carbocycles. The minimum absolute atomic E-state index is 0.0551. The number of hydrogen-bond donors (Lipinski definition) is 0. The Labute approximate surface area is 106 Å². The summed E-state index contributed by atoms with van der Waals surface area (Å²) < 4.78 is 5.14. The first-order valence-electron chi connectivity index (χ1n) is 6.09. The second kappa shape index (κ2) is 5.05. The number of hydrogen-bond acceptors (Lipinski definition) is 2. The summed E-state index contributed by atoms with van der Waals surface area (Å²) in [6.07, 6.45) is 5.73. The van der Waals surface area contributed by atoms with Crippen molar-refractivity contribution in [3.05, 3.63) is 0 Å². The second-order valence-electron chi connectivity index (χ2n) is 5.11. The number of carbonyl (C=O) groups is 1. The normalized spacial score (nSPS) is 28.2. The minimum Gasteiger partial charge on any atom is -0.385 e. The highest BCUT2D eigenvalue weighted by Crippen LogP contribution is 2.49. The summed E-state index contributed by atoms with van der Waals surface area (Å²) in [6, 6.07) is 0. The van der Waals surface area contributed by atoms with Crippen LogP contribution in [-0.4, -0.2) is 42.4 Å². The Kier molecular flexibility index (Phi) is 3.90. The molecule has 1 heterocycles. The number of methoxy groups -OCH3 is 1. The van der Waals surface area contributed by atoms with Gasteiger partial charge in [-0.2, -0.15) is 0 Å². The van der Waals surface area contributed by atoms with Crippen molar-refractivity contribution in [3.8, 4) is 0 Å². The van der Waals surface area contributed by atoms with Crippen LogP contribution in [0.25, 0.3) is 0 Å². The number of nitrogens with zero attached hydrogens (tertiary/aromatic N) is 1. The van der Waals surface area contributed by atoms with Crippen molar-refractivity contribution in [1.29, 1.82) is 0 Å². The number of carbonyl (C=O) groups excluding carboxylic acids is 1. The predicted octanol–water partition coefficient (Wildman–Crippen LogP) is 2.19. The van der Waals surface area contributed by atoms with Gasteiger partial charge in [0, 0.05) is 26.8 Å². The van der Waals surface area contributed by atoms with Crippen LogP contribution in [0.15, 0.2) is 0 Å². The monoisotopic (exact) mass is 289 g/mol. The maximum Gasteiger partial charge on any atom is 0.236 e. The lowest BCUT2D eigenvalue weighted by atomic mass is 10.0. The van der Waals surface area contributed by atoms with Crippen LogP contribution >= 0.6 is 15.9 Å². The van der Waals surface area contributed by atoms with E-state index in [4.69, 9.17) is 4.74 Å². The number of piperidine rings is 1. The molecule has 3 nitrogen and oxygen atoms in total. The molecule has 0 radical (unpaired) electrons. The van der Waals surface area contributed by atoms with Crippen LogP contribution < -0.4 is 0 Å². The molecule has 16 heavy (non-hydrogen) atoms. The minimum atomic E-state index is 0.0551. The van der Waals surface area contributed by atoms with Crippen LogP contribution in [0, 0.1) is 5.41 Å². The van der Waals surface area contributed by atoms with Gasteiger partial charge in [0.1, 0.15) is 0 Å². The average Bonchev–Trinajstić information content (AvgIpc) is 3.03. The highest BCUT2D eigenvalue weighted by molar-refractivity contribution is 9.10. The predicted molar refractivity (Wildman–Crippen MR) is 66.7 cm³/mol. The van der Waals surface area contributed by atoms with Crippen molar-refractivity contribution in [2.24, 2.45) is 5.41 Å². The second-order valence-corrected chi connectivity index (χ2v) is 6.22. The van der Waals surface area contributed by atoms with Crippen molar-refractivity contribution >= 4 is 21.8 Å². The number of likely N-dealkylation sites (tertiary alicyclic amines) is 1. The highest BCUT2D eigenvalue weighted by Gasteiger charge is 2.45. The van der Waals surface area contributed by atoms with Crippen LogP contribution in [-0.2, 0) is 9.53 Å². The van der Waals surface area contributed by atoms with E-state index in [9.17, 15) is 4.79 Å². The summed E-state index contributed by atoms with van der Waals surface area (Å²) in [5.74, 6) is 0.287. The number of amides is 1. The van der Waals surface area contributed by atoms with Gasteiger partial charge in [-0.25, -0.2) is 0 Å². The first-order chi connectivity index (χ1) is 7.67. The summed E-state index contributed by atoms with van der Waals surface area (Å²) in [5, 5.41) is 0. The van der Waals surface area contributed by atoms with Gasteiger partial charge in [-0.1, -0.05) is 15.9 Å². The van der Waals surface area contributed by atoms with Crippen LogP contribution in [0.4, 0.5) is 0 Å². The molecular weight excluding hydrogens is 270 g/mol. The molecule has 1 saturated carbocycles. The largest absolute Gasteiger partial charge is 0.385 e. The van der Waals surface area contributed by atoms with Gasteiger partial charge in [0.15, 0.2) is 0 Å². The molecule has 2 fully saturated rings. The van der Waals surface area contributed by atoms with Crippen LogP contribution in [0.5, 0.6) is 0 Å². The van der Waals surface area contributed by atoms with E-state index in [0.717, 1.165) is 39.0 Å². The summed E-state index contributed by atoms with van der Waals surface area (Å²) in [5.41, 5.74) is 0.385. The molecule has 2 aliphatic rings. The van der Waals surface area contributed by atoms with E-state index in [1.165, 1.54) is 12.8 Å². The van der Waals surface area contributed by atoms with Gasteiger partial charge >= 0.3 is 0 Å². The molecule has 0 N–H and O–H groups in total. The van der Waals surface area contributed by atoms with E-state index in [0.29, 0.717) is 5.41 Å². The number of ether oxygens (including phenoxy) is 1. The highest BCUT2D eigenvalue weighted by atomic mass is 79.9. The molecule has 0 aromatic carbocycles. The number of halogens is 1. The van der Waals surface area contributed by atoms with Gasteiger partial charge in [-0.05, 0) is 37.5 Å². The molecule has 2 rings (SSSR count). The fourth-order valence-electron chi connectivity index (χ4n) is 2.44. The Morgan fingerprint density at radius 1 is 1.56 bits per heavy atom.